The molecule has 2 rings (SSSR count). The van der Waals surface area contributed by atoms with Crippen LogP contribution in [0.1, 0.15) is 52.7 Å². The highest BCUT2D eigenvalue weighted by atomic mass is 127. The maximum absolute atomic E-state index is 12.0. The molecule has 7 nitrogen and oxygen atoms in total. The monoisotopic (exact) mass is 518 g/mol. The summed E-state index contributed by atoms with van der Waals surface area (Å²) in [5.74, 6) is 0.556. The van der Waals surface area contributed by atoms with Gasteiger partial charge in [0.05, 0.1) is 24.9 Å². The maximum atomic E-state index is 12.0. The number of nitrogens with one attached hydrogen (secondary N) is 2. The zero-order chi connectivity index (χ0) is 19.8. The number of phenols is 1. The van der Waals surface area contributed by atoms with Crippen molar-refractivity contribution in [2.45, 2.75) is 40.3 Å². The van der Waals surface area contributed by atoms with Crippen LogP contribution in [0.15, 0.2) is 29.3 Å². The van der Waals surface area contributed by atoms with Gasteiger partial charge in [-0.2, -0.15) is 0 Å². The lowest BCUT2D eigenvalue weighted by Crippen LogP contribution is -2.38. The van der Waals surface area contributed by atoms with Crippen LogP contribution in [-0.2, 0) is 11.3 Å². The van der Waals surface area contributed by atoms with Crippen LogP contribution in [0.5, 0.6) is 5.75 Å². The molecule has 0 fully saturated rings. The Morgan fingerprint density at radius 2 is 2.00 bits per heavy atom. The predicted molar refractivity (Wildman–Crippen MR) is 123 cm³/mol. The van der Waals surface area contributed by atoms with Gasteiger partial charge in [0.15, 0.2) is 5.96 Å². The lowest BCUT2D eigenvalue weighted by molar-refractivity contribution is 0.0531. The predicted octanol–water partition coefficient (Wildman–Crippen LogP) is 3.77. The second kappa shape index (κ2) is 11.8. The van der Waals surface area contributed by atoms with Crippen molar-refractivity contribution >= 4 is 47.2 Å². The van der Waals surface area contributed by atoms with Gasteiger partial charge in [0, 0.05) is 6.54 Å². The molecule has 9 heteroatoms. The Balaban J connectivity index is 0.00000392. The summed E-state index contributed by atoms with van der Waals surface area (Å²) in [5, 5.41) is 16.7. The van der Waals surface area contributed by atoms with Crippen molar-refractivity contribution in [2.24, 2.45) is 4.99 Å². The average molecular weight is 518 g/mol. The molecule has 0 aliphatic heterocycles. The molecule has 0 radical (unpaired) electrons. The molecule has 1 heterocycles. The van der Waals surface area contributed by atoms with Crippen LogP contribution < -0.4 is 10.6 Å². The summed E-state index contributed by atoms with van der Waals surface area (Å²) in [6, 6.07) is 6.84. The molecule has 1 atom stereocenters. The highest BCUT2D eigenvalue weighted by Crippen LogP contribution is 2.24. The molecular weight excluding hydrogens is 491 g/mol. The van der Waals surface area contributed by atoms with Gasteiger partial charge in [-0.25, -0.2) is 14.8 Å². The molecule has 1 aromatic carbocycles. The van der Waals surface area contributed by atoms with Crippen LogP contribution in [0.25, 0.3) is 0 Å². The highest BCUT2D eigenvalue weighted by Gasteiger charge is 2.20. The van der Waals surface area contributed by atoms with Crippen molar-refractivity contribution in [1.82, 2.24) is 15.6 Å². The molecule has 2 aromatic rings. The number of ether oxygens (including phenoxy) is 1. The highest BCUT2D eigenvalue weighted by molar-refractivity contribution is 14.0. The third kappa shape index (κ3) is 6.93. The molecular formula is C19H27IN4O3S. The average Bonchev–Trinajstić information content (AvgIpc) is 3.03. The summed E-state index contributed by atoms with van der Waals surface area (Å²) in [6.07, 6.45) is 0. The van der Waals surface area contributed by atoms with Gasteiger partial charge in [0.2, 0.25) is 0 Å². The smallest absolute Gasteiger partial charge is 0.350 e. The number of hydrogen-bond donors (Lipinski definition) is 3. The van der Waals surface area contributed by atoms with E-state index in [1.54, 1.807) is 19.1 Å². The summed E-state index contributed by atoms with van der Waals surface area (Å²) >= 11 is 1.33. The number of benzene rings is 1. The number of nitrogens with zero attached hydrogens (tertiary/aromatic N) is 2. The van der Waals surface area contributed by atoms with Gasteiger partial charge in [-0.1, -0.05) is 12.1 Å². The number of halogens is 1. The van der Waals surface area contributed by atoms with Gasteiger partial charge in [-0.15, -0.1) is 35.3 Å². The SMILES string of the molecule is CCNC(=NCc1ccc(O)cc1)NC(C)c1nc(C)c(C(=O)OCC)s1.I. The van der Waals surface area contributed by atoms with Crippen LogP contribution in [0, 0.1) is 6.92 Å². The number of aryl methyl sites for hydroxylation is 1. The number of aliphatic imine (C=N–C) groups is 1. The van der Waals surface area contributed by atoms with Crippen molar-refractivity contribution in [3.63, 3.8) is 0 Å². The molecule has 1 unspecified atom stereocenters. The fourth-order valence-corrected chi connectivity index (χ4v) is 3.31. The Morgan fingerprint density at radius 3 is 2.61 bits per heavy atom. The molecule has 0 aliphatic rings. The van der Waals surface area contributed by atoms with Gasteiger partial charge in [0.25, 0.3) is 0 Å². The Morgan fingerprint density at radius 1 is 1.32 bits per heavy atom. The molecule has 3 N–H and O–H groups in total. The van der Waals surface area contributed by atoms with Gasteiger partial charge < -0.3 is 20.5 Å². The summed E-state index contributed by atoms with van der Waals surface area (Å²) < 4.78 is 5.07. The molecule has 1 aromatic heterocycles. The largest absolute Gasteiger partial charge is 0.508 e. The van der Waals surface area contributed by atoms with E-state index in [0.29, 0.717) is 29.7 Å². The first-order valence-corrected chi connectivity index (χ1v) is 9.73. The van der Waals surface area contributed by atoms with Crippen LogP contribution in [0.4, 0.5) is 0 Å². The Kier molecular flexibility index (Phi) is 10.2. The number of thiazole rings is 1. The molecule has 0 saturated carbocycles. The van der Waals surface area contributed by atoms with E-state index in [9.17, 15) is 9.90 Å². The lowest BCUT2D eigenvalue weighted by atomic mass is 10.2. The van der Waals surface area contributed by atoms with Crippen LogP contribution in [-0.4, -0.2) is 35.2 Å². The molecule has 28 heavy (non-hydrogen) atoms. The Bertz CT molecular complexity index is 793. The van der Waals surface area contributed by atoms with Crippen LogP contribution in [0.3, 0.4) is 0 Å². The van der Waals surface area contributed by atoms with Gasteiger partial charge in [-0.05, 0) is 45.4 Å². The number of phenolic OH excluding ortho intramolecular Hbond substituents is 1. The maximum Gasteiger partial charge on any atom is 0.350 e. The number of aromatic hydroxyl groups is 1. The summed E-state index contributed by atoms with van der Waals surface area (Å²) in [5.41, 5.74) is 1.67. The summed E-state index contributed by atoms with van der Waals surface area (Å²) in [7, 11) is 0. The van der Waals surface area contributed by atoms with E-state index < -0.39 is 0 Å². The van der Waals surface area contributed by atoms with Gasteiger partial charge >= 0.3 is 5.97 Å². The van der Waals surface area contributed by atoms with E-state index >= 15 is 0 Å². The number of hydrogen-bond acceptors (Lipinski definition) is 6. The van der Waals surface area contributed by atoms with Crippen molar-refractivity contribution in [3.05, 3.63) is 45.4 Å². The summed E-state index contributed by atoms with van der Waals surface area (Å²) in [4.78, 5) is 21.6. The van der Waals surface area contributed by atoms with Gasteiger partial charge in [-0.3, -0.25) is 0 Å². The topological polar surface area (TPSA) is 95.8 Å². The molecule has 0 aliphatic carbocycles. The normalized spacial score (nSPS) is 12.1. The first-order chi connectivity index (χ1) is 12.9. The first kappa shape index (κ1) is 24.2. The minimum atomic E-state index is -0.334. The fourth-order valence-electron chi connectivity index (χ4n) is 2.35. The summed E-state index contributed by atoms with van der Waals surface area (Å²) in [6.45, 7) is 9.10. The minimum absolute atomic E-state index is 0. The van der Waals surface area contributed by atoms with E-state index in [1.165, 1.54) is 11.3 Å². The van der Waals surface area contributed by atoms with Crippen LogP contribution >= 0.6 is 35.3 Å². The van der Waals surface area contributed by atoms with E-state index in [2.05, 4.69) is 20.6 Å². The standard InChI is InChI=1S/C19H26N4O3S.HI/c1-5-20-19(21-11-14-7-9-15(24)10-8-14)23-13(4)17-22-12(3)16(27-17)18(25)26-6-2;/h7-10,13,24H,5-6,11H2,1-4H3,(H2,20,21,23);1H. The second-order valence-corrected chi connectivity index (χ2v) is 6.95. The van der Waals surface area contributed by atoms with E-state index in [4.69, 9.17) is 4.74 Å². The first-order valence-electron chi connectivity index (χ1n) is 8.91. The zero-order valence-corrected chi connectivity index (χ0v) is 19.6. The van der Waals surface area contributed by atoms with E-state index in [1.807, 2.05) is 32.9 Å². The fraction of sp³-hybridized carbons (Fsp3) is 0.421. The van der Waals surface area contributed by atoms with Crippen molar-refractivity contribution in [2.75, 3.05) is 13.2 Å². The molecule has 0 saturated heterocycles. The minimum Gasteiger partial charge on any atom is -0.508 e. The second-order valence-electron chi connectivity index (χ2n) is 5.91. The third-order valence-corrected chi connectivity index (χ3v) is 5.02. The molecule has 0 amide bonds. The molecule has 0 bridgehead atoms. The van der Waals surface area contributed by atoms with Crippen molar-refractivity contribution < 1.29 is 14.6 Å². The quantitative estimate of drug-likeness (QED) is 0.224. The third-order valence-electron chi connectivity index (χ3n) is 3.70. The number of carbonyl (C=O) groups excluding carboxylic acids is 1. The number of aromatic nitrogens is 1. The van der Waals surface area contributed by atoms with Gasteiger partial charge in [0.1, 0.15) is 15.6 Å². The zero-order valence-electron chi connectivity index (χ0n) is 16.5. The number of guanidine groups is 1. The number of rotatable bonds is 7. The van der Waals surface area contributed by atoms with Crippen molar-refractivity contribution in [3.8, 4) is 5.75 Å². The Labute approximate surface area is 186 Å². The number of carbonyl (C=O) groups is 1. The Hall–Kier alpha value is -1.88. The van der Waals surface area contributed by atoms with E-state index in [0.717, 1.165) is 17.1 Å². The molecule has 0 spiro atoms. The molecule has 154 valence electrons. The van der Waals surface area contributed by atoms with Crippen LogP contribution in [0.2, 0.25) is 0 Å². The lowest BCUT2D eigenvalue weighted by Gasteiger charge is -2.16. The number of esters is 1. The van der Waals surface area contributed by atoms with Crippen molar-refractivity contribution in [1.29, 1.82) is 0 Å². The van der Waals surface area contributed by atoms with E-state index in [-0.39, 0.29) is 41.7 Å².